The van der Waals surface area contributed by atoms with E-state index in [1.807, 2.05) is 0 Å². The van der Waals surface area contributed by atoms with Crippen molar-refractivity contribution in [2.24, 2.45) is 22.2 Å². The molecule has 0 bridgehead atoms. The van der Waals surface area contributed by atoms with Gasteiger partial charge in [0.15, 0.2) is 5.96 Å². The molecule has 1 aliphatic rings. The van der Waals surface area contributed by atoms with Crippen LogP contribution in [0.4, 0.5) is 0 Å². The minimum atomic E-state index is -1.43. The second-order valence-corrected chi connectivity index (χ2v) is 8.57. The maximum atomic E-state index is 13.0. The van der Waals surface area contributed by atoms with E-state index in [0.717, 1.165) is 6.42 Å². The van der Waals surface area contributed by atoms with Crippen molar-refractivity contribution in [3.05, 3.63) is 0 Å². The largest absolute Gasteiger partial charge is 0.480 e. The van der Waals surface area contributed by atoms with Gasteiger partial charge in [-0.3, -0.25) is 19.4 Å². The van der Waals surface area contributed by atoms with Gasteiger partial charge in [0.25, 0.3) is 0 Å². The molecule has 3 amide bonds. The number of nitrogens with zero attached hydrogens (tertiary/aromatic N) is 1. The number of amides is 3. The van der Waals surface area contributed by atoms with Crippen LogP contribution in [0.3, 0.4) is 0 Å². The molecule has 1 heterocycles. The quantitative estimate of drug-likeness (QED) is 0.0584. The van der Waals surface area contributed by atoms with E-state index in [4.69, 9.17) is 17.2 Å². The smallest absolute Gasteiger partial charge is 0.326 e. The Labute approximate surface area is 204 Å². The van der Waals surface area contributed by atoms with E-state index in [1.165, 1.54) is 6.92 Å². The third-order valence-corrected chi connectivity index (χ3v) is 5.58. The summed E-state index contributed by atoms with van der Waals surface area (Å²) in [6.45, 7) is 2.61. The third kappa shape index (κ3) is 11.3. The number of carbonyl (C=O) groups is 4. The maximum absolute atomic E-state index is 13.0. The molecular weight excluding hydrogens is 460 g/mol. The van der Waals surface area contributed by atoms with Gasteiger partial charge in [-0.25, -0.2) is 4.79 Å². The minimum Gasteiger partial charge on any atom is -0.480 e. The second kappa shape index (κ2) is 15.8. The van der Waals surface area contributed by atoms with E-state index in [9.17, 15) is 29.4 Å². The fourth-order valence-electron chi connectivity index (χ4n) is 3.62. The lowest BCUT2D eigenvalue weighted by molar-refractivity contribution is -0.143. The zero-order chi connectivity index (χ0) is 26.4. The summed E-state index contributed by atoms with van der Waals surface area (Å²) in [5, 5.41) is 30.0. The number of aliphatic imine (C=N–C) groups is 1. The van der Waals surface area contributed by atoms with E-state index in [0.29, 0.717) is 38.8 Å². The number of carboxylic acids is 1. The molecule has 35 heavy (non-hydrogen) atoms. The number of nitrogens with one attached hydrogen (secondary N) is 4. The summed E-state index contributed by atoms with van der Waals surface area (Å²) in [6.07, 6.45) is 1.90. The Morgan fingerprint density at radius 3 is 2.26 bits per heavy atom. The first kappa shape index (κ1) is 30.1. The van der Waals surface area contributed by atoms with Crippen LogP contribution in [0.15, 0.2) is 4.99 Å². The van der Waals surface area contributed by atoms with Crippen LogP contribution in [0.1, 0.15) is 51.9 Å². The Morgan fingerprint density at radius 1 is 1.03 bits per heavy atom. The van der Waals surface area contributed by atoms with Crippen LogP contribution in [0.2, 0.25) is 0 Å². The summed E-state index contributed by atoms with van der Waals surface area (Å²) in [5.41, 5.74) is 16.1. The predicted octanol–water partition coefficient (Wildman–Crippen LogP) is -3.16. The topological polar surface area (TPSA) is 247 Å². The highest BCUT2D eigenvalue weighted by Crippen LogP contribution is 2.08. The summed E-state index contributed by atoms with van der Waals surface area (Å²) in [4.78, 5) is 53.7. The number of carboxylic acid groups (broad SMARTS) is 1. The fourth-order valence-corrected chi connectivity index (χ4v) is 3.62. The van der Waals surface area contributed by atoms with E-state index in [2.05, 4.69) is 26.3 Å². The van der Waals surface area contributed by atoms with Crippen LogP contribution in [0, 0.1) is 0 Å². The summed E-state index contributed by atoms with van der Waals surface area (Å²) >= 11 is 0. The molecule has 0 saturated carbocycles. The van der Waals surface area contributed by atoms with Gasteiger partial charge in [-0.05, 0) is 65.0 Å². The van der Waals surface area contributed by atoms with Gasteiger partial charge < -0.3 is 48.7 Å². The van der Waals surface area contributed by atoms with E-state index in [-0.39, 0.29) is 31.3 Å². The van der Waals surface area contributed by atoms with Crippen molar-refractivity contribution in [2.45, 2.75) is 82.1 Å². The molecule has 0 radical (unpaired) electrons. The van der Waals surface area contributed by atoms with Gasteiger partial charge >= 0.3 is 5.97 Å². The van der Waals surface area contributed by atoms with Gasteiger partial charge in [0.1, 0.15) is 18.1 Å². The number of aliphatic hydroxyl groups is 1. The molecule has 5 atom stereocenters. The van der Waals surface area contributed by atoms with Gasteiger partial charge in [0.05, 0.1) is 12.1 Å². The third-order valence-electron chi connectivity index (χ3n) is 5.58. The van der Waals surface area contributed by atoms with Crippen molar-refractivity contribution < 1.29 is 29.4 Å². The average molecular weight is 501 g/mol. The number of hydrogen-bond donors (Lipinski definition) is 9. The number of hydrogen-bond acceptors (Lipinski definition) is 8. The summed E-state index contributed by atoms with van der Waals surface area (Å²) in [7, 11) is 0. The lowest BCUT2D eigenvalue weighted by Gasteiger charge is -2.26. The van der Waals surface area contributed by atoms with E-state index in [1.54, 1.807) is 0 Å². The molecule has 0 aromatic heterocycles. The van der Waals surface area contributed by atoms with Crippen LogP contribution in [0.25, 0.3) is 0 Å². The van der Waals surface area contributed by atoms with Crippen molar-refractivity contribution in [2.75, 3.05) is 19.6 Å². The molecule has 1 saturated heterocycles. The molecule has 14 nitrogen and oxygen atoms in total. The molecule has 14 heteroatoms. The lowest BCUT2D eigenvalue weighted by atomic mass is 10.1. The molecule has 0 aromatic carbocycles. The van der Waals surface area contributed by atoms with Crippen LogP contribution < -0.4 is 38.5 Å². The summed E-state index contributed by atoms with van der Waals surface area (Å²) < 4.78 is 0. The zero-order valence-electron chi connectivity index (χ0n) is 20.2. The standard InChI is InChI=1S/C21H40N8O6/c1-12(30)16(19(33)28-15(20(34)35)6-2-3-9-22)29-18(32)14(8-5-11-26-21(23)24)27-17(31)13-7-4-10-25-13/h12-16,25,30H,2-11,22H2,1H3,(H,27,31)(H,28,33)(H,29,32)(H,34,35)(H4,23,24,26)/t12-,13+,14+,15+,16+/m1/s1. The molecular formula is C21H40N8O6. The van der Waals surface area contributed by atoms with Crippen molar-refractivity contribution in [1.29, 1.82) is 0 Å². The second-order valence-electron chi connectivity index (χ2n) is 8.57. The van der Waals surface area contributed by atoms with Crippen molar-refractivity contribution in [3.63, 3.8) is 0 Å². The molecule has 12 N–H and O–H groups in total. The van der Waals surface area contributed by atoms with E-state index < -0.39 is 48.1 Å². The highest BCUT2D eigenvalue weighted by Gasteiger charge is 2.33. The average Bonchev–Trinajstić information content (AvgIpc) is 3.33. The summed E-state index contributed by atoms with van der Waals surface area (Å²) in [6, 6.07) is -4.08. The normalized spacial score (nSPS) is 18.5. The molecule has 0 aliphatic carbocycles. The Morgan fingerprint density at radius 2 is 1.71 bits per heavy atom. The van der Waals surface area contributed by atoms with Crippen molar-refractivity contribution in [3.8, 4) is 0 Å². The Balaban J connectivity index is 2.88. The number of unbranched alkanes of at least 4 members (excludes halogenated alkanes) is 1. The highest BCUT2D eigenvalue weighted by molar-refractivity contribution is 5.94. The molecule has 200 valence electrons. The minimum absolute atomic E-state index is 0.101. The zero-order valence-corrected chi connectivity index (χ0v) is 20.2. The molecule has 1 rings (SSSR count). The Kier molecular flexibility index (Phi) is 13.6. The van der Waals surface area contributed by atoms with Crippen molar-refractivity contribution >= 4 is 29.7 Å². The monoisotopic (exact) mass is 500 g/mol. The van der Waals surface area contributed by atoms with Crippen LogP contribution in [-0.2, 0) is 19.2 Å². The van der Waals surface area contributed by atoms with Gasteiger partial charge in [-0.1, -0.05) is 0 Å². The van der Waals surface area contributed by atoms with Crippen LogP contribution >= 0.6 is 0 Å². The van der Waals surface area contributed by atoms with Gasteiger partial charge in [0.2, 0.25) is 17.7 Å². The predicted molar refractivity (Wildman–Crippen MR) is 129 cm³/mol. The number of aliphatic carboxylic acids is 1. The van der Waals surface area contributed by atoms with Gasteiger partial charge in [-0.15, -0.1) is 0 Å². The molecule has 1 aliphatic heterocycles. The van der Waals surface area contributed by atoms with E-state index >= 15 is 0 Å². The van der Waals surface area contributed by atoms with Gasteiger partial charge in [-0.2, -0.15) is 0 Å². The number of aliphatic hydroxyl groups excluding tert-OH is 1. The number of nitrogens with two attached hydrogens (primary N) is 3. The Hall–Kier alpha value is -2.97. The van der Waals surface area contributed by atoms with Gasteiger partial charge in [0, 0.05) is 6.54 Å². The molecule has 1 fully saturated rings. The number of guanidine groups is 1. The fraction of sp³-hybridized carbons (Fsp3) is 0.762. The molecule has 0 spiro atoms. The van der Waals surface area contributed by atoms with Crippen LogP contribution in [0.5, 0.6) is 0 Å². The lowest BCUT2D eigenvalue weighted by Crippen LogP contribution is -2.59. The van der Waals surface area contributed by atoms with Crippen molar-refractivity contribution in [1.82, 2.24) is 21.3 Å². The first-order chi connectivity index (χ1) is 16.6. The number of carbonyl (C=O) groups excluding carboxylic acids is 3. The maximum Gasteiger partial charge on any atom is 0.326 e. The first-order valence-electron chi connectivity index (χ1n) is 11.9. The first-order valence-corrected chi connectivity index (χ1v) is 11.9. The van der Waals surface area contributed by atoms with Crippen LogP contribution in [-0.4, -0.2) is 89.8 Å². The Bertz CT molecular complexity index is 737. The molecule has 0 aromatic rings. The molecule has 0 unspecified atom stereocenters. The SMILES string of the molecule is C[C@@H](O)[C@H](NC(=O)[C@H](CCCN=C(N)N)NC(=O)[C@@H]1CCCN1)C(=O)N[C@@H](CCCCN)C(=O)O. The highest BCUT2D eigenvalue weighted by atomic mass is 16.4. The number of rotatable bonds is 16. The summed E-state index contributed by atoms with van der Waals surface area (Å²) in [5.74, 6) is -3.24.